The lowest BCUT2D eigenvalue weighted by Gasteiger charge is -2.28. The molecule has 0 radical (unpaired) electrons. The molecule has 1 atom stereocenters. The Kier molecular flexibility index (Phi) is 3.84. The number of thioether (sulfide) groups is 1. The van der Waals surface area contributed by atoms with E-state index in [2.05, 4.69) is 0 Å². The molecule has 0 unspecified atom stereocenters. The van der Waals surface area contributed by atoms with Gasteiger partial charge in [-0.25, -0.2) is 4.79 Å². The van der Waals surface area contributed by atoms with Crippen LogP contribution in [0.3, 0.4) is 0 Å². The lowest BCUT2D eigenvalue weighted by molar-refractivity contribution is -0.148. The summed E-state index contributed by atoms with van der Waals surface area (Å²) < 4.78 is 5.68. The first-order chi connectivity index (χ1) is 12.0. The van der Waals surface area contributed by atoms with Gasteiger partial charge in [0.15, 0.2) is 4.87 Å². The zero-order valence-electron chi connectivity index (χ0n) is 14.2. The van der Waals surface area contributed by atoms with Crippen LogP contribution in [0.5, 0.6) is 0 Å². The highest BCUT2D eigenvalue weighted by Crippen LogP contribution is 2.56. The lowest BCUT2D eigenvalue weighted by atomic mass is 10.1. The van der Waals surface area contributed by atoms with Crippen molar-refractivity contribution in [1.29, 1.82) is 0 Å². The Balaban J connectivity index is 1.59. The normalized spacial score (nSPS) is 21.2. The van der Waals surface area contributed by atoms with Gasteiger partial charge in [0.1, 0.15) is 6.61 Å². The Morgan fingerprint density at radius 3 is 2.88 bits per heavy atom. The Morgan fingerprint density at radius 2 is 2.04 bits per heavy atom. The van der Waals surface area contributed by atoms with E-state index in [1.165, 1.54) is 11.8 Å². The number of rotatable bonds is 3. The van der Waals surface area contributed by atoms with E-state index in [1.807, 2.05) is 56.3 Å². The third kappa shape index (κ3) is 2.54. The molecule has 0 N–H and O–H groups in total. The third-order valence-corrected chi connectivity index (χ3v) is 6.31. The molecule has 0 aliphatic carbocycles. The van der Waals surface area contributed by atoms with E-state index in [0.717, 1.165) is 27.3 Å². The summed E-state index contributed by atoms with van der Waals surface area (Å²) in [5.41, 5.74) is 4.05. The molecule has 2 heterocycles. The van der Waals surface area contributed by atoms with Gasteiger partial charge < -0.3 is 4.74 Å². The number of hydrogen-bond acceptors (Lipinski definition) is 4. The van der Waals surface area contributed by atoms with E-state index >= 15 is 0 Å². The highest BCUT2D eigenvalue weighted by Gasteiger charge is 2.58. The van der Waals surface area contributed by atoms with Crippen LogP contribution in [0.15, 0.2) is 47.4 Å². The highest BCUT2D eigenvalue weighted by atomic mass is 32.2. The fourth-order valence-corrected chi connectivity index (χ4v) is 4.90. The molecule has 128 valence electrons. The van der Waals surface area contributed by atoms with Crippen LogP contribution < -0.4 is 4.90 Å². The number of para-hydroxylation sites is 1. The first kappa shape index (κ1) is 16.2. The third-order valence-electron chi connectivity index (χ3n) is 4.86. The Bertz CT molecular complexity index is 879. The molecular weight excluding hydrogens is 334 g/mol. The van der Waals surface area contributed by atoms with Crippen LogP contribution in [0.25, 0.3) is 0 Å². The number of ether oxygens (including phenoxy) is 1. The number of amides is 1. The maximum absolute atomic E-state index is 13.0. The van der Waals surface area contributed by atoms with Gasteiger partial charge in [0.2, 0.25) is 5.91 Å². The van der Waals surface area contributed by atoms with Gasteiger partial charge >= 0.3 is 5.97 Å². The largest absolute Gasteiger partial charge is 0.458 e. The van der Waals surface area contributed by atoms with E-state index < -0.39 is 4.87 Å². The molecule has 4 nitrogen and oxygen atoms in total. The van der Waals surface area contributed by atoms with Crippen LogP contribution in [-0.2, 0) is 20.9 Å². The SMILES string of the molecule is Cc1ccc(C)c(COC(=O)[C@]23CCC(=O)N2c2ccccc2S3)c1. The number of carbonyl (C=O) groups is 2. The van der Waals surface area contributed by atoms with Crippen molar-refractivity contribution >= 4 is 29.3 Å². The maximum atomic E-state index is 13.0. The van der Waals surface area contributed by atoms with Crippen LogP contribution in [0.2, 0.25) is 0 Å². The van der Waals surface area contributed by atoms with Gasteiger partial charge in [-0.05, 0) is 37.1 Å². The molecule has 25 heavy (non-hydrogen) atoms. The molecule has 0 aromatic heterocycles. The summed E-state index contributed by atoms with van der Waals surface area (Å²) in [6.45, 7) is 4.25. The van der Waals surface area contributed by atoms with Gasteiger partial charge in [-0.1, -0.05) is 47.7 Å². The molecule has 1 fully saturated rings. The fourth-order valence-electron chi connectivity index (χ4n) is 3.48. The van der Waals surface area contributed by atoms with E-state index in [0.29, 0.717) is 12.8 Å². The number of nitrogens with zero attached hydrogens (tertiary/aromatic N) is 1. The summed E-state index contributed by atoms with van der Waals surface area (Å²) in [4.78, 5) is 27.1. The second-order valence-corrected chi connectivity index (χ2v) is 7.91. The molecule has 2 aliphatic heterocycles. The standard InChI is InChI=1S/C20H19NO3S/c1-13-7-8-14(2)15(11-13)12-24-19(23)20-10-9-18(22)21(20)16-5-3-4-6-17(16)25-20/h3-8,11H,9-10,12H2,1-2H3/t20-/m1/s1. The number of aryl methyl sites for hydroxylation is 2. The van der Waals surface area contributed by atoms with Crippen molar-refractivity contribution in [2.45, 2.75) is 43.1 Å². The zero-order chi connectivity index (χ0) is 17.6. The smallest absolute Gasteiger partial charge is 0.343 e. The van der Waals surface area contributed by atoms with Gasteiger partial charge in [0, 0.05) is 17.7 Å². The Labute approximate surface area is 151 Å². The average molecular weight is 353 g/mol. The molecule has 1 saturated heterocycles. The molecule has 1 amide bonds. The summed E-state index contributed by atoms with van der Waals surface area (Å²) in [5.74, 6) is -0.346. The maximum Gasteiger partial charge on any atom is 0.343 e. The monoisotopic (exact) mass is 353 g/mol. The van der Waals surface area contributed by atoms with Crippen LogP contribution in [0.4, 0.5) is 5.69 Å². The van der Waals surface area contributed by atoms with Crippen molar-refractivity contribution in [3.05, 3.63) is 59.2 Å². The number of esters is 1. The van der Waals surface area contributed by atoms with Crippen LogP contribution >= 0.6 is 11.8 Å². The molecule has 0 spiro atoms. The Hall–Kier alpha value is -2.27. The highest BCUT2D eigenvalue weighted by molar-refractivity contribution is 8.02. The predicted molar refractivity (Wildman–Crippen MR) is 97.5 cm³/mol. The second-order valence-electron chi connectivity index (χ2n) is 6.59. The molecule has 0 saturated carbocycles. The van der Waals surface area contributed by atoms with Gasteiger partial charge in [-0.15, -0.1) is 0 Å². The van der Waals surface area contributed by atoms with Crippen molar-refractivity contribution in [3.8, 4) is 0 Å². The number of hydrogen-bond donors (Lipinski definition) is 0. The van der Waals surface area contributed by atoms with E-state index in [4.69, 9.17) is 4.74 Å². The van der Waals surface area contributed by atoms with Gasteiger partial charge in [0.05, 0.1) is 5.69 Å². The first-order valence-electron chi connectivity index (χ1n) is 8.36. The first-order valence-corrected chi connectivity index (χ1v) is 9.17. The minimum Gasteiger partial charge on any atom is -0.458 e. The molecule has 2 aliphatic rings. The summed E-state index contributed by atoms with van der Waals surface area (Å²) in [6.07, 6.45) is 0.858. The number of benzene rings is 2. The Morgan fingerprint density at radius 1 is 1.24 bits per heavy atom. The van der Waals surface area contributed by atoms with Crippen LogP contribution in [0.1, 0.15) is 29.5 Å². The van der Waals surface area contributed by atoms with Crippen LogP contribution in [-0.4, -0.2) is 16.7 Å². The summed E-state index contributed by atoms with van der Waals surface area (Å²) in [5, 5.41) is 0. The summed E-state index contributed by atoms with van der Waals surface area (Å²) in [7, 11) is 0. The minimum atomic E-state index is -0.946. The number of carbonyl (C=O) groups excluding carboxylic acids is 2. The van der Waals surface area contributed by atoms with Gasteiger partial charge in [-0.3, -0.25) is 9.69 Å². The number of fused-ring (bicyclic) bond motifs is 3. The average Bonchev–Trinajstić information content (AvgIpc) is 3.11. The minimum absolute atomic E-state index is 0.0128. The second kappa shape index (κ2) is 5.92. The van der Waals surface area contributed by atoms with E-state index in [9.17, 15) is 9.59 Å². The van der Waals surface area contributed by atoms with Gasteiger partial charge in [-0.2, -0.15) is 0 Å². The van der Waals surface area contributed by atoms with Crippen LogP contribution in [0, 0.1) is 13.8 Å². The van der Waals surface area contributed by atoms with Crippen molar-refractivity contribution in [2.75, 3.05) is 4.90 Å². The van der Waals surface area contributed by atoms with Crippen molar-refractivity contribution < 1.29 is 14.3 Å². The summed E-state index contributed by atoms with van der Waals surface area (Å²) >= 11 is 1.44. The molecule has 0 bridgehead atoms. The van der Waals surface area contributed by atoms with Gasteiger partial charge in [0.25, 0.3) is 0 Å². The van der Waals surface area contributed by atoms with Crippen molar-refractivity contribution in [2.24, 2.45) is 0 Å². The predicted octanol–water partition coefficient (Wildman–Crippen LogP) is 3.98. The van der Waals surface area contributed by atoms with Crippen molar-refractivity contribution in [3.63, 3.8) is 0 Å². The van der Waals surface area contributed by atoms with E-state index in [-0.39, 0.29) is 18.5 Å². The molecular formula is C20H19NO3S. The topological polar surface area (TPSA) is 46.6 Å². The number of anilines is 1. The molecule has 4 rings (SSSR count). The molecule has 5 heteroatoms. The molecule has 2 aromatic carbocycles. The van der Waals surface area contributed by atoms with E-state index in [1.54, 1.807) is 4.90 Å². The fraction of sp³-hybridized carbons (Fsp3) is 0.300. The lowest BCUT2D eigenvalue weighted by Crippen LogP contribution is -2.47. The zero-order valence-corrected chi connectivity index (χ0v) is 15.1. The van der Waals surface area contributed by atoms with Crippen molar-refractivity contribution in [1.82, 2.24) is 0 Å². The summed E-state index contributed by atoms with van der Waals surface area (Å²) in [6, 6.07) is 13.8. The molecule has 2 aromatic rings. The quantitative estimate of drug-likeness (QED) is 0.783.